The average molecular weight is 428 g/mol. The van der Waals surface area contributed by atoms with Crippen LogP contribution in [-0.2, 0) is 13.0 Å². The quantitative estimate of drug-likeness (QED) is 0.570. The van der Waals surface area contributed by atoms with Gasteiger partial charge in [0.1, 0.15) is 0 Å². The normalized spacial score (nSPS) is 16.6. The molecule has 0 radical (unpaired) electrons. The highest BCUT2D eigenvalue weighted by Crippen LogP contribution is 2.38. The Morgan fingerprint density at radius 2 is 1.72 bits per heavy atom. The van der Waals surface area contributed by atoms with E-state index in [4.69, 9.17) is 18.9 Å². The number of benzene rings is 3. The molecule has 162 valence electrons. The first-order valence-corrected chi connectivity index (χ1v) is 10.7. The van der Waals surface area contributed by atoms with Crippen LogP contribution in [0.1, 0.15) is 28.3 Å². The predicted molar refractivity (Wildman–Crippen MR) is 122 cm³/mol. The minimum absolute atomic E-state index is 0.0656. The molecule has 3 aromatic rings. The van der Waals surface area contributed by atoms with Gasteiger partial charge in [-0.2, -0.15) is 0 Å². The number of nitrogens with zero attached hydrogens (tertiary/aromatic N) is 1. The van der Waals surface area contributed by atoms with Crippen LogP contribution in [0.5, 0.6) is 23.0 Å². The standard InChI is InChI=1S/C27H25NO4/c1-29-25-15-21-12-13-28(17-20-6-4-3-5-7-20)23(22(21)16-26(25)30-2)10-8-19-9-11-24-27(14-19)32-18-31-24/h3-7,9,11,14-16,23H,12-13,17-18H2,1-2H3/t23-/m0/s1. The maximum Gasteiger partial charge on any atom is 0.231 e. The summed E-state index contributed by atoms with van der Waals surface area (Å²) in [6.45, 7) is 2.00. The lowest BCUT2D eigenvalue weighted by molar-refractivity contribution is 0.174. The van der Waals surface area contributed by atoms with Gasteiger partial charge in [0.15, 0.2) is 23.0 Å². The zero-order chi connectivity index (χ0) is 21.9. The van der Waals surface area contributed by atoms with Crippen LogP contribution < -0.4 is 18.9 Å². The van der Waals surface area contributed by atoms with Crippen molar-refractivity contribution in [1.29, 1.82) is 0 Å². The first-order valence-electron chi connectivity index (χ1n) is 10.7. The van der Waals surface area contributed by atoms with Crippen molar-refractivity contribution in [3.8, 4) is 34.8 Å². The predicted octanol–water partition coefficient (Wildman–Crippen LogP) is 4.58. The molecule has 2 aliphatic heterocycles. The molecule has 0 amide bonds. The summed E-state index contributed by atoms with van der Waals surface area (Å²) in [5.74, 6) is 9.88. The van der Waals surface area contributed by atoms with Crippen LogP contribution in [0.25, 0.3) is 0 Å². The lowest BCUT2D eigenvalue weighted by Crippen LogP contribution is -2.34. The van der Waals surface area contributed by atoms with Crippen molar-refractivity contribution >= 4 is 0 Å². The van der Waals surface area contributed by atoms with Crippen molar-refractivity contribution in [3.63, 3.8) is 0 Å². The Hall–Kier alpha value is -3.62. The van der Waals surface area contributed by atoms with Gasteiger partial charge in [-0.05, 0) is 53.4 Å². The molecule has 0 unspecified atom stereocenters. The van der Waals surface area contributed by atoms with Gasteiger partial charge in [0.25, 0.3) is 0 Å². The zero-order valence-electron chi connectivity index (χ0n) is 18.3. The maximum absolute atomic E-state index is 5.60. The van der Waals surface area contributed by atoms with E-state index in [1.54, 1.807) is 14.2 Å². The van der Waals surface area contributed by atoms with E-state index < -0.39 is 0 Å². The summed E-state index contributed by atoms with van der Waals surface area (Å²) in [6, 6.07) is 20.4. The van der Waals surface area contributed by atoms with Crippen LogP contribution in [0.4, 0.5) is 0 Å². The van der Waals surface area contributed by atoms with Crippen LogP contribution in [-0.4, -0.2) is 32.5 Å². The first-order chi connectivity index (χ1) is 15.7. The Kier molecular flexibility index (Phi) is 5.62. The van der Waals surface area contributed by atoms with Gasteiger partial charge in [-0.1, -0.05) is 42.2 Å². The highest BCUT2D eigenvalue weighted by molar-refractivity contribution is 5.53. The summed E-state index contributed by atoms with van der Waals surface area (Å²) in [4.78, 5) is 2.42. The summed E-state index contributed by atoms with van der Waals surface area (Å²) >= 11 is 0. The molecule has 2 heterocycles. The number of fused-ring (bicyclic) bond motifs is 2. The molecule has 0 aliphatic carbocycles. The molecule has 0 saturated carbocycles. The van der Waals surface area contributed by atoms with Gasteiger partial charge in [-0.15, -0.1) is 0 Å². The van der Waals surface area contributed by atoms with Crippen LogP contribution in [0.3, 0.4) is 0 Å². The lowest BCUT2D eigenvalue weighted by atomic mass is 9.91. The Balaban J connectivity index is 1.53. The Morgan fingerprint density at radius 1 is 0.938 bits per heavy atom. The van der Waals surface area contributed by atoms with Crippen molar-refractivity contribution in [2.75, 3.05) is 27.6 Å². The molecule has 5 rings (SSSR count). The number of rotatable bonds is 4. The molecule has 0 spiro atoms. The molecule has 0 aromatic heterocycles. The summed E-state index contributed by atoms with van der Waals surface area (Å²) in [5, 5.41) is 0. The molecule has 5 heteroatoms. The number of ether oxygens (including phenoxy) is 4. The molecule has 5 nitrogen and oxygen atoms in total. The molecule has 0 fully saturated rings. The Morgan fingerprint density at radius 3 is 2.53 bits per heavy atom. The second-order valence-electron chi connectivity index (χ2n) is 7.85. The third kappa shape index (κ3) is 3.98. The van der Waals surface area contributed by atoms with Gasteiger partial charge in [-0.3, -0.25) is 4.90 Å². The van der Waals surface area contributed by atoms with E-state index in [0.29, 0.717) is 0 Å². The van der Waals surface area contributed by atoms with Crippen LogP contribution in [0, 0.1) is 11.8 Å². The average Bonchev–Trinajstić information content (AvgIpc) is 3.31. The van der Waals surface area contributed by atoms with Crippen LogP contribution in [0.2, 0.25) is 0 Å². The summed E-state index contributed by atoms with van der Waals surface area (Å²) in [6.07, 6.45) is 0.935. The molecule has 0 bridgehead atoms. The number of hydrogen-bond donors (Lipinski definition) is 0. The summed E-state index contributed by atoms with van der Waals surface area (Å²) < 4.78 is 22.1. The maximum atomic E-state index is 5.60. The van der Waals surface area contributed by atoms with Crippen LogP contribution >= 0.6 is 0 Å². The number of methoxy groups -OCH3 is 2. The van der Waals surface area contributed by atoms with Gasteiger partial charge < -0.3 is 18.9 Å². The minimum atomic E-state index is -0.0656. The van der Waals surface area contributed by atoms with Gasteiger partial charge in [0, 0.05) is 18.7 Å². The lowest BCUT2D eigenvalue weighted by Gasteiger charge is -2.35. The van der Waals surface area contributed by atoms with Crippen molar-refractivity contribution in [1.82, 2.24) is 4.90 Å². The third-order valence-electron chi connectivity index (χ3n) is 5.93. The second kappa shape index (κ2) is 8.86. The topological polar surface area (TPSA) is 40.2 Å². The van der Waals surface area contributed by atoms with E-state index in [9.17, 15) is 0 Å². The molecule has 1 atom stereocenters. The molecule has 2 aliphatic rings. The highest BCUT2D eigenvalue weighted by Gasteiger charge is 2.28. The second-order valence-corrected chi connectivity index (χ2v) is 7.85. The van der Waals surface area contributed by atoms with Gasteiger partial charge in [-0.25, -0.2) is 0 Å². The van der Waals surface area contributed by atoms with Gasteiger partial charge in [0.05, 0.1) is 20.3 Å². The van der Waals surface area contributed by atoms with E-state index in [-0.39, 0.29) is 12.8 Å². The van der Waals surface area contributed by atoms with E-state index in [1.807, 2.05) is 24.3 Å². The molecule has 0 saturated heterocycles. The fourth-order valence-corrected chi connectivity index (χ4v) is 4.28. The Labute approximate surface area is 188 Å². The first kappa shape index (κ1) is 20.3. The van der Waals surface area contributed by atoms with Crippen molar-refractivity contribution in [3.05, 3.63) is 82.9 Å². The van der Waals surface area contributed by atoms with Crippen molar-refractivity contribution in [2.45, 2.75) is 19.0 Å². The van der Waals surface area contributed by atoms with E-state index in [2.05, 4.69) is 53.1 Å². The number of hydrogen-bond acceptors (Lipinski definition) is 5. The summed E-state index contributed by atoms with van der Waals surface area (Å²) in [7, 11) is 3.34. The fraction of sp³-hybridized carbons (Fsp3) is 0.259. The molecule has 32 heavy (non-hydrogen) atoms. The largest absolute Gasteiger partial charge is 0.493 e. The molecular weight excluding hydrogens is 402 g/mol. The van der Waals surface area contributed by atoms with E-state index >= 15 is 0 Å². The highest BCUT2D eigenvalue weighted by atomic mass is 16.7. The third-order valence-corrected chi connectivity index (χ3v) is 5.93. The van der Waals surface area contributed by atoms with Crippen molar-refractivity contribution in [2.24, 2.45) is 0 Å². The van der Waals surface area contributed by atoms with E-state index in [0.717, 1.165) is 53.6 Å². The SMILES string of the molecule is COc1cc2c(cc1OC)[C@H](C#Cc1ccc3c(c1)OCO3)N(Cc1ccccc1)CC2. The van der Waals surface area contributed by atoms with Gasteiger partial charge >= 0.3 is 0 Å². The molecule has 0 N–H and O–H groups in total. The zero-order valence-corrected chi connectivity index (χ0v) is 18.3. The summed E-state index contributed by atoms with van der Waals surface area (Å²) in [5.41, 5.74) is 4.59. The smallest absolute Gasteiger partial charge is 0.231 e. The van der Waals surface area contributed by atoms with E-state index in [1.165, 1.54) is 11.1 Å². The fourth-order valence-electron chi connectivity index (χ4n) is 4.28. The molecular formula is C27H25NO4. The monoisotopic (exact) mass is 427 g/mol. The minimum Gasteiger partial charge on any atom is -0.493 e. The molecule has 3 aromatic carbocycles. The van der Waals surface area contributed by atoms with Gasteiger partial charge in [0.2, 0.25) is 6.79 Å². The van der Waals surface area contributed by atoms with Crippen molar-refractivity contribution < 1.29 is 18.9 Å². The Bertz CT molecular complexity index is 1180. The van der Waals surface area contributed by atoms with Crippen LogP contribution in [0.15, 0.2) is 60.7 Å².